The molecular formula is C24H20F2N4OS. The molecule has 1 aliphatic rings. The molecule has 0 saturated carbocycles. The van der Waals surface area contributed by atoms with Crippen molar-refractivity contribution in [2.24, 2.45) is 0 Å². The first kappa shape index (κ1) is 20.6. The van der Waals surface area contributed by atoms with Gasteiger partial charge in [-0.3, -0.25) is 4.79 Å². The monoisotopic (exact) mass is 450 g/mol. The van der Waals surface area contributed by atoms with Crippen molar-refractivity contribution in [1.82, 2.24) is 19.9 Å². The second-order valence-corrected chi connectivity index (χ2v) is 8.68. The van der Waals surface area contributed by atoms with Gasteiger partial charge in [0.2, 0.25) is 0 Å². The van der Waals surface area contributed by atoms with E-state index >= 15 is 0 Å². The maximum absolute atomic E-state index is 13.6. The smallest absolute Gasteiger partial charge is 0.257 e. The molecule has 1 saturated heterocycles. The number of H-pyrrole nitrogens is 1. The molecule has 1 fully saturated rings. The topological polar surface area (TPSA) is 61.9 Å². The second-order valence-electron chi connectivity index (χ2n) is 7.71. The summed E-state index contributed by atoms with van der Waals surface area (Å²) in [6, 6.07) is 14.1. The molecule has 8 heteroatoms. The van der Waals surface area contributed by atoms with Gasteiger partial charge in [-0.1, -0.05) is 12.1 Å². The lowest BCUT2D eigenvalue weighted by molar-refractivity contribution is 0.0726. The van der Waals surface area contributed by atoms with Gasteiger partial charge in [0.1, 0.15) is 22.5 Å². The number of hydrogen-bond acceptors (Lipinski definition) is 4. The number of amides is 1. The third-order valence-electron chi connectivity index (χ3n) is 5.58. The quantitative estimate of drug-likeness (QED) is 0.408. The largest absolute Gasteiger partial charge is 0.340 e. The van der Waals surface area contributed by atoms with Gasteiger partial charge in [-0.25, -0.2) is 18.7 Å². The van der Waals surface area contributed by atoms with Gasteiger partial charge in [-0.2, -0.15) is 0 Å². The lowest BCUT2D eigenvalue weighted by Gasteiger charge is -2.24. The zero-order valence-corrected chi connectivity index (χ0v) is 17.9. The summed E-state index contributed by atoms with van der Waals surface area (Å²) < 4.78 is 26.7. The fraction of sp³-hybridized carbons (Fsp3) is 0.208. The Morgan fingerprint density at radius 1 is 1.12 bits per heavy atom. The van der Waals surface area contributed by atoms with Gasteiger partial charge in [-0.15, -0.1) is 11.8 Å². The van der Waals surface area contributed by atoms with Gasteiger partial charge in [0, 0.05) is 18.5 Å². The van der Waals surface area contributed by atoms with E-state index in [1.165, 1.54) is 36.0 Å². The highest BCUT2D eigenvalue weighted by Gasteiger charge is 2.33. The Bertz CT molecular complexity index is 1270. The molecule has 0 aliphatic carbocycles. The SMILES string of the molecule is O=C(c1cccnc1SCc1ccc(F)cc1)N1CCCC1c1nc2ccc(F)cc2[nH]1. The highest BCUT2D eigenvalue weighted by atomic mass is 32.2. The molecule has 5 nitrogen and oxygen atoms in total. The van der Waals surface area contributed by atoms with Crippen LogP contribution in [-0.4, -0.2) is 32.3 Å². The zero-order chi connectivity index (χ0) is 22.1. The van der Waals surface area contributed by atoms with Crippen LogP contribution in [0.15, 0.2) is 65.8 Å². The van der Waals surface area contributed by atoms with Gasteiger partial charge in [0.25, 0.3) is 5.91 Å². The van der Waals surface area contributed by atoms with Crippen molar-refractivity contribution >= 4 is 28.7 Å². The first-order valence-electron chi connectivity index (χ1n) is 10.4. The van der Waals surface area contributed by atoms with E-state index in [2.05, 4.69) is 15.0 Å². The van der Waals surface area contributed by atoms with Crippen molar-refractivity contribution < 1.29 is 13.6 Å². The number of halogens is 2. The average Bonchev–Trinajstić information content (AvgIpc) is 3.45. The first-order chi connectivity index (χ1) is 15.6. The Morgan fingerprint density at radius 2 is 1.94 bits per heavy atom. The van der Waals surface area contributed by atoms with Crippen LogP contribution in [0.1, 0.15) is 40.6 Å². The van der Waals surface area contributed by atoms with Crippen LogP contribution in [0.4, 0.5) is 8.78 Å². The van der Waals surface area contributed by atoms with E-state index in [1.54, 1.807) is 36.5 Å². The third-order valence-corrected chi connectivity index (χ3v) is 6.66. The van der Waals surface area contributed by atoms with E-state index < -0.39 is 0 Å². The highest BCUT2D eigenvalue weighted by Crippen LogP contribution is 2.34. The molecule has 1 atom stereocenters. The Kier molecular flexibility index (Phi) is 5.61. The molecule has 1 N–H and O–H groups in total. The number of thioether (sulfide) groups is 1. The fourth-order valence-corrected chi connectivity index (χ4v) is 4.95. The number of hydrogen-bond donors (Lipinski definition) is 1. The number of likely N-dealkylation sites (tertiary alicyclic amines) is 1. The summed E-state index contributed by atoms with van der Waals surface area (Å²) in [6.07, 6.45) is 3.31. The van der Waals surface area contributed by atoms with Crippen molar-refractivity contribution in [3.05, 3.63) is 89.4 Å². The predicted molar refractivity (Wildman–Crippen MR) is 119 cm³/mol. The number of carbonyl (C=O) groups excluding carboxylic acids is 1. The molecule has 1 amide bonds. The minimum Gasteiger partial charge on any atom is -0.340 e. The third kappa shape index (κ3) is 4.10. The Labute approximate surface area is 187 Å². The molecule has 1 unspecified atom stereocenters. The fourth-order valence-electron chi connectivity index (χ4n) is 4.01. The predicted octanol–water partition coefficient (Wildman–Crippen LogP) is 5.51. The minimum atomic E-state index is -0.328. The number of carbonyl (C=O) groups is 1. The molecule has 4 aromatic rings. The lowest BCUT2D eigenvalue weighted by atomic mass is 10.2. The number of imidazole rings is 1. The summed E-state index contributed by atoms with van der Waals surface area (Å²) in [5.41, 5.74) is 2.79. The van der Waals surface area contributed by atoms with Crippen LogP contribution in [0.25, 0.3) is 11.0 Å². The van der Waals surface area contributed by atoms with Crippen molar-refractivity contribution in [3.8, 4) is 0 Å². The number of benzene rings is 2. The molecule has 1 aliphatic heterocycles. The molecule has 2 aromatic heterocycles. The number of pyridine rings is 1. The van der Waals surface area contributed by atoms with Crippen LogP contribution in [-0.2, 0) is 5.75 Å². The Hall–Kier alpha value is -3.26. The number of fused-ring (bicyclic) bond motifs is 1. The van der Waals surface area contributed by atoms with Crippen LogP contribution < -0.4 is 0 Å². The molecule has 0 spiro atoms. The number of nitrogens with one attached hydrogen (secondary N) is 1. The van der Waals surface area contributed by atoms with Gasteiger partial charge in [-0.05, 0) is 60.9 Å². The summed E-state index contributed by atoms with van der Waals surface area (Å²) in [7, 11) is 0. The first-order valence-corrected chi connectivity index (χ1v) is 11.4. The molecule has 32 heavy (non-hydrogen) atoms. The van der Waals surface area contributed by atoms with Gasteiger partial charge in [0.05, 0.1) is 22.6 Å². The number of aromatic amines is 1. The van der Waals surface area contributed by atoms with Crippen LogP contribution in [0, 0.1) is 11.6 Å². The van der Waals surface area contributed by atoms with Gasteiger partial charge >= 0.3 is 0 Å². The molecule has 162 valence electrons. The number of rotatable bonds is 5. The van der Waals surface area contributed by atoms with Crippen molar-refractivity contribution in [2.75, 3.05) is 6.54 Å². The zero-order valence-electron chi connectivity index (χ0n) is 17.1. The summed E-state index contributed by atoms with van der Waals surface area (Å²) in [5, 5.41) is 0.638. The standard InChI is InChI=1S/C24H20F2N4OS/c25-16-7-5-15(6-8-16)14-32-23-18(3-1-11-27-23)24(31)30-12-2-4-21(30)22-28-19-10-9-17(26)13-20(19)29-22/h1,3,5-11,13,21H,2,4,12,14H2,(H,28,29). The summed E-state index contributed by atoms with van der Waals surface area (Å²) >= 11 is 1.45. The maximum atomic E-state index is 13.6. The number of aromatic nitrogens is 3. The van der Waals surface area contributed by atoms with Gasteiger partial charge < -0.3 is 9.88 Å². The van der Waals surface area contributed by atoms with E-state index in [-0.39, 0.29) is 23.6 Å². The van der Waals surface area contributed by atoms with E-state index in [9.17, 15) is 13.6 Å². The summed E-state index contributed by atoms with van der Waals surface area (Å²) in [5.74, 6) is 0.539. The highest BCUT2D eigenvalue weighted by molar-refractivity contribution is 7.98. The van der Waals surface area contributed by atoms with E-state index in [0.29, 0.717) is 39.7 Å². The molecule has 0 radical (unpaired) electrons. The lowest BCUT2D eigenvalue weighted by Crippen LogP contribution is -2.31. The Balaban J connectivity index is 1.38. The minimum absolute atomic E-state index is 0.103. The average molecular weight is 451 g/mol. The Morgan fingerprint density at radius 3 is 2.78 bits per heavy atom. The second kappa shape index (κ2) is 8.70. The summed E-state index contributed by atoms with van der Waals surface area (Å²) in [6.45, 7) is 0.617. The van der Waals surface area contributed by atoms with Crippen molar-refractivity contribution in [3.63, 3.8) is 0 Å². The molecule has 0 bridgehead atoms. The van der Waals surface area contributed by atoms with E-state index in [4.69, 9.17) is 0 Å². The van der Waals surface area contributed by atoms with Crippen molar-refractivity contribution in [2.45, 2.75) is 29.7 Å². The molecule has 5 rings (SSSR count). The van der Waals surface area contributed by atoms with Crippen LogP contribution in [0.3, 0.4) is 0 Å². The van der Waals surface area contributed by atoms with Crippen LogP contribution >= 0.6 is 11.8 Å². The van der Waals surface area contributed by atoms with E-state index in [0.717, 1.165) is 18.4 Å². The maximum Gasteiger partial charge on any atom is 0.257 e. The van der Waals surface area contributed by atoms with Crippen LogP contribution in [0.5, 0.6) is 0 Å². The molecule has 3 heterocycles. The summed E-state index contributed by atoms with van der Waals surface area (Å²) in [4.78, 5) is 27.5. The normalized spacial score (nSPS) is 16.1. The number of nitrogens with zero attached hydrogens (tertiary/aromatic N) is 3. The molecular weight excluding hydrogens is 430 g/mol. The van der Waals surface area contributed by atoms with Crippen molar-refractivity contribution in [1.29, 1.82) is 0 Å². The van der Waals surface area contributed by atoms with E-state index in [1.807, 2.05) is 4.90 Å². The van der Waals surface area contributed by atoms with Gasteiger partial charge in [0.15, 0.2) is 0 Å². The molecule has 2 aromatic carbocycles. The van der Waals surface area contributed by atoms with Crippen LogP contribution in [0.2, 0.25) is 0 Å².